The minimum atomic E-state index is 0.641. The van der Waals surface area contributed by atoms with Crippen molar-refractivity contribution in [2.75, 3.05) is 58.9 Å². The van der Waals surface area contributed by atoms with Crippen LogP contribution >= 0.6 is 12.2 Å². The third kappa shape index (κ3) is 6.32. The molecule has 1 heterocycles. The Balaban J connectivity index is 1.70. The van der Waals surface area contributed by atoms with Crippen LogP contribution in [0.25, 0.3) is 0 Å². The van der Waals surface area contributed by atoms with E-state index in [1.165, 1.54) is 0 Å². The van der Waals surface area contributed by atoms with Crippen LogP contribution in [0.3, 0.4) is 0 Å². The standard InChI is InChI=1S/C23H31N3O3S/c1-27-21-11-6-8-19(22(21)28-2)18-26(13-7-12-25-14-16-29-17-15-25)23(30)24-20-9-4-3-5-10-20/h3-6,8-11H,7,12-18H2,1-2H3,(H,24,30). The van der Waals surface area contributed by atoms with Crippen molar-refractivity contribution in [1.29, 1.82) is 0 Å². The van der Waals surface area contributed by atoms with Gasteiger partial charge in [0.25, 0.3) is 0 Å². The van der Waals surface area contributed by atoms with Gasteiger partial charge in [-0.2, -0.15) is 0 Å². The molecule has 1 saturated heterocycles. The first-order valence-corrected chi connectivity index (χ1v) is 10.7. The summed E-state index contributed by atoms with van der Waals surface area (Å²) in [5, 5.41) is 4.07. The average molecular weight is 430 g/mol. The number of thiocarbonyl (C=S) groups is 1. The van der Waals surface area contributed by atoms with Crippen molar-refractivity contribution in [2.45, 2.75) is 13.0 Å². The van der Waals surface area contributed by atoms with E-state index < -0.39 is 0 Å². The number of ether oxygens (including phenoxy) is 3. The molecule has 0 saturated carbocycles. The molecule has 0 atom stereocenters. The maximum Gasteiger partial charge on any atom is 0.173 e. The van der Waals surface area contributed by atoms with Gasteiger partial charge in [0.1, 0.15) is 0 Å². The van der Waals surface area contributed by atoms with Crippen molar-refractivity contribution in [2.24, 2.45) is 0 Å². The molecule has 30 heavy (non-hydrogen) atoms. The molecule has 1 aliphatic rings. The number of para-hydroxylation sites is 2. The smallest absolute Gasteiger partial charge is 0.173 e. The molecule has 0 amide bonds. The van der Waals surface area contributed by atoms with Crippen LogP contribution in [0.15, 0.2) is 48.5 Å². The van der Waals surface area contributed by atoms with E-state index in [2.05, 4.69) is 21.2 Å². The van der Waals surface area contributed by atoms with Crippen molar-refractivity contribution < 1.29 is 14.2 Å². The number of benzene rings is 2. The summed E-state index contributed by atoms with van der Waals surface area (Å²) < 4.78 is 16.5. The van der Waals surface area contributed by atoms with Crippen LogP contribution in [0.4, 0.5) is 5.69 Å². The van der Waals surface area contributed by atoms with Gasteiger partial charge in [0.05, 0.1) is 27.4 Å². The maximum absolute atomic E-state index is 5.78. The molecule has 1 aliphatic heterocycles. The molecule has 2 aromatic rings. The van der Waals surface area contributed by atoms with Crippen molar-refractivity contribution in [1.82, 2.24) is 9.80 Å². The largest absolute Gasteiger partial charge is 0.493 e. The summed E-state index contributed by atoms with van der Waals surface area (Å²) in [5.74, 6) is 1.48. The molecular weight excluding hydrogens is 398 g/mol. The topological polar surface area (TPSA) is 46.2 Å². The van der Waals surface area contributed by atoms with Gasteiger partial charge in [-0.3, -0.25) is 4.90 Å². The maximum atomic E-state index is 5.78. The fourth-order valence-corrected chi connectivity index (χ4v) is 3.84. The quantitative estimate of drug-likeness (QED) is 0.611. The van der Waals surface area contributed by atoms with Gasteiger partial charge in [-0.05, 0) is 36.8 Å². The SMILES string of the molecule is COc1cccc(CN(CCCN2CCOCC2)C(=S)Nc2ccccc2)c1OC. The Morgan fingerprint density at radius 3 is 2.53 bits per heavy atom. The van der Waals surface area contributed by atoms with E-state index in [1.807, 2.05) is 42.5 Å². The van der Waals surface area contributed by atoms with E-state index in [-0.39, 0.29) is 0 Å². The lowest BCUT2D eigenvalue weighted by Crippen LogP contribution is -2.40. The molecule has 3 rings (SSSR count). The molecule has 1 N–H and O–H groups in total. The molecule has 2 aromatic carbocycles. The Labute approximate surface area is 184 Å². The minimum Gasteiger partial charge on any atom is -0.493 e. The van der Waals surface area contributed by atoms with Gasteiger partial charge < -0.3 is 24.4 Å². The highest BCUT2D eigenvalue weighted by Crippen LogP contribution is 2.31. The fourth-order valence-electron chi connectivity index (χ4n) is 3.57. The second kappa shape index (κ2) is 11.7. The van der Waals surface area contributed by atoms with Gasteiger partial charge in [-0.25, -0.2) is 0 Å². The van der Waals surface area contributed by atoms with Crippen molar-refractivity contribution in [3.8, 4) is 11.5 Å². The highest BCUT2D eigenvalue weighted by atomic mass is 32.1. The highest BCUT2D eigenvalue weighted by molar-refractivity contribution is 7.80. The predicted octanol–water partition coefficient (Wildman–Crippen LogP) is 3.63. The molecular formula is C23H31N3O3S. The zero-order valence-electron chi connectivity index (χ0n) is 17.8. The Morgan fingerprint density at radius 1 is 1.07 bits per heavy atom. The van der Waals surface area contributed by atoms with Crippen molar-refractivity contribution >= 4 is 23.0 Å². The number of rotatable bonds is 9. The predicted molar refractivity (Wildman–Crippen MR) is 124 cm³/mol. The summed E-state index contributed by atoms with van der Waals surface area (Å²) in [4.78, 5) is 4.64. The third-order valence-corrected chi connectivity index (χ3v) is 5.52. The average Bonchev–Trinajstić information content (AvgIpc) is 2.79. The van der Waals surface area contributed by atoms with Crippen LogP contribution in [0.1, 0.15) is 12.0 Å². The molecule has 0 spiro atoms. The Bertz CT molecular complexity index is 798. The lowest BCUT2D eigenvalue weighted by Gasteiger charge is -2.30. The monoisotopic (exact) mass is 429 g/mol. The van der Waals surface area contributed by atoms with Gasteiger partial charge in [0.2, 0.25) is 0 Å². The Kier molecular flexibility index (Phi) is 8.74. The van der Waals surface area contributed by atoms with E-state index >= 15 is 0 Å². The second-order valence-electron chi connectivity index (χ2n) is 7.18. The molecule has 0 radical (unpaired) electrons. The molecule has 6 nitrogen and oxygen atoms in total. The molecule has 0 aromatic heterocycles. The number of hydrogen-bond donors (Lipinski definition) is 1. The summed E-state index contributed by atoms with van der Waals surface area (Å²) in [5.41, 5.74) is 2.03. The summed E-state index contributed by atoms with van der Waals surface area (Å²) in [6, 6.07) is 16.0. The highest BCUT2D eigenvalue weighted by Gasteiger charge is 2.17. The number of morpholine rings is 1. The molecule has 1 fully saturated rings. The van der Waals surface area contributed by atoms with E-state index in [4.69, 9.17) is 26.4 Å². The van der Waals surface area contributed by atoms with Crippen molar-refractivity contribution in [3.63, 3.8) is 0 Å². The van der Waals surface area contributed by atoms with Gasteiger partial charge in [-0.1, -0.05) is 30.3 Å². The minimum absolute atomic E-state index is 0.641. The molecule has 7 heteroatoms. The fraction of sp³-hybridized carbons (Fsp3) is 0.435. The third-order valence-electron chi connectivity index (χ3n) is 5.16. The van der Waals surface area contributed by atoms with E-state index in [1.54, 1.807) is 14.2 Å². The van der Waals surface area contributed by atoms with E-state index in [0.29, 0.717) is 11.7 Å². The lowest BCUT2D eigenvalue weighted by molar-refractivity contribution is 0.0367. The van der Waals surface area contributed by atoms with Gasteiger partial charge in [-0.15, -0.1) is 0 Å². The number of nitrogens with zero attached hydrogens (tertiary/aromatic N) is 2. The summed E-state index contributed by atoms with van der Waals surface area (Å²) >= 11 is 5.78. The van der Waals surface area contributed by atoms with Crippen LogP contribution in [0.2, 0.25) is 0 Å². The number of methoxy groups -OCH3 is 2. The van der Waals surface area contributed by atoms with Crippen molar-refractivity contribution in [3.05, 3.63) is 54.1 Å². The summed E-state index contributed by atoms with van der Waals surface area (Å²) in [6.07, 6.45) is 1.02. The molecule has 0 bridgehead atoms. The lowest BCUT2D eigenvalue weighted by atomic mass is 10.1. The zero-order chi connectivity index (χ0) is 21.2. The Morgan fingerprint density at radius 2 is 1.83 bits per heavy atom. The van der Waals surface area contributed by atoms with Gasteiger partial charge in [0.15, 0.2) is 16.6 Å². The normalized spacial score (nSPS) is 14.2. The summed E-state index contributed by atoms with van der Waals surface area (Å²) in [7, 11) is 3.33. The van der Waals surface area contributed by atoms with Crippen LogP contribution in [-0.4, -0.2) is 68.5 Å². The van der Waals surface area contributed by atoms with E-state index in [9.17, 15) is 0 Å². The van der Waals surface area contributed by atoms with E-state index in [0.717, 1.165) is 68.6 Å². The molecule has 0 aliphatic carbocycles. The van der Waals surface area contributed by atoms with Crippen LogP contribution in [0.5, 0.6) is 11.5 Å². The van der Waals surface area contributed by atoms with Gasteiger partial charge >= 0.3 is 0 Å². The Hall–Kier alpha value is -2.35. The zero-order valence-corrected chi connectivity index (χ0v) is 18.6. The number of anilines is 1. The van der Waals surface area contributed by atoms with Gasteiger partial charge in [0, 0.05) is 44.0 Å². The van der Waals surface area contributed by atoms with Crippen LogP contribution < -0.4 is 14.8 Å². The molecule has 0 unspecified atom stereocenters. The van der Waals surface area contributed by atoms with Crippen LogP contribution in [-0.2, 0) is 11.3 Å². The molecule has 162 valence electrons. The number of hydrogen-bond acceptors (Lipinski definition) is 5. The first kappa shape index (κ1) is 22.3. The number of nitrogens with one attached hydrogen (secondary N) is 1. The first-order chi connectivity index (χ1) is 14.7. The second-order valence-corrected chi connectivity index (χ2v) is 7.56. The van der Waals surface area contributed by atoms with Crippen LogP contribution in [0, 0.1) is 0 Å². The summed E-state index contributed by atoms with van der Waals surface area (Å²) in [6.45, 7) is 6.14. The first-order valence-electron chi connectivity index (χ1n) is 10.3.